The van der Waals surface area contributed by atoms with E-state index in [1.165, 1.54) is 12.1 Å². The summed E-state index contributed by atoms with van der Waals surface area (Å²) in [7, 11) is 0. The second-order valence-electron chi connectivity index (χ2n) is 3.60. The molecule has 1 heterocycles. The zero-order chi connectivity index (χ0) is 10.8. The molecule has 1 saturated heterocycles. The maximum atomic E-state index is 13.5. The molecular formula is C11H11ClFNO. The molecule has 0 N–H and O–H groups in total. The van der Waals surface area contributed by atoms with Crippen LogP contribution in [-0.4, -0.2) is 23.9 Å². The Bertz CT molecular complexity index is 388. The number of benzene rings is 1. The van der Waals surface area contributed by atoms with Gasteiger partial charge < -0.3 is 4.90 Å². The predicted molar refractivity (Wildman–Crippen MR) is 56.5 cm³/mol. The largest absolute Gasteiger partial charge is 0.339 e. The van der Waals surface area contributed by atoms with Crippen LogP contribution in [0.2, 0.25) is 5.02 Å². The topological polar surface area (TPSA) is 20.3 Å². The van der Waals surface area contributed by atoms with Crippen LogP contribution in [-0.2, 0) is 0 Å². The maximum absolute atomic E-state index is 13.5. The van der Waals surface area contributed by atoms with Crippen LogP contribution in [0.3, 0.4) is 0 Å². The molecule has 1 aromatic rings. The van der Waals surface area contributed by atoms with Crippen molar-refractivity contribution in [3.8, 4) is 0 Å². The quantitative estimate of drug-likeness (QED) is 0.723. The van der Waals surface area contributed by atoms with E-state index in [2.05, 4.69) is 0 Å². The highest BCUT2D eigenvalue weighted by Gasteiger charge is 2.22. The first kappa shape index (κ1) is 10.4. The second-order valence-corrected chi connectivity index (χ2v) is 4.01. The molecule has 0 aromatic heterocycles. The molecular weight excluding hydrogens is 217 g/mol. The number of carbonyl (C=O) groups excluding carboxylic acids is 1. The molecule has 2 rings (SSSR count). The number of halogens is 2. The fourth-order valence-corrected chi connectivity index (χ4v) is 1.93. The van der Waals surface area contributed by atoms with Crippen molar-refractivity contribution in [2.24, 2.45) is 0 Å². The molecule has 0 radical (unpaired) electrons. The highest BCUT2D eigenvalue weighted by molar-refractivity contribution is 6.31. The van der Waals surface area contributed by atoms with Gasteiger partial charge >= 0.3 is 0 Å². The summed E-state index contributed by atoms with van der Waals surface area (Å²) in [6.07, 6.45) is 1.99. The molecule has 1 aliphatic heterocycles. The van der Waals surface area contributed by atoms with Crippen molar-refractivity contribution in [3.05, 3.63) is 34.6 Å². The average molecular weight is 228 g/mol. The number of carbonyl (C=O) groups is 1. The lowest BCUT2D eigenvalue weighted by Gasteiger charge is -2.15. The van der Waals surface area contributed by atoms with E-state index in [0.717, 1.165) is 12.8 Å². The van der Waals surface area contributed by atoms with Gasteiger partial charge in [0.15, 0.2) is 5.82 Å². The Morgan fingerprint density at radius 3 is 2.67 bits per heavy atom. The first-order valence-corrected chi connectivity index (χ1v) is 5.31. The van der Waals surface area contributed by atoms with Gasteiger partial charge in [-0.25, -0.2) is 4.39 Å². The van der Waals surface area contributed by atoms with Crippen LogP contribution in [0, 0.1) is 5.82 Å². The number of hydrogen-bond acceptors (Lipinski definition) is 1. The van der Waals surface area contributed by atoms with Gasteiger partial charge in [-0.3, -0.25) is 4.79 Å². The summed E-state index contributed by atoms with van der Waals surface area (Å²) in [6, 6.07) is 4.51. The molecule has 0 bridgehead atoms. The molecule has 0 unspecified atom stereocenters. The molecule has 0 saturated carbocycles. The van der Waals surface area contributed by atoms with Crippen molar-refractivity contribution < 1.29 is 9.18 Å². The third kappa shape index (κ3) is 1.97. The maximum Gasteiger partial charge on any atom is 0.256 e. The molecule has 15 heavy (non-hydrogen) atoms. The van der Waals surface area contributed by atoms with Gasteiger partial charge in [-0.2, -0.15) is 0 Å². The fourth-order valence-electron chi connectivity index (χ4n) is 1.76. The van der Waals surface area contributed by atoms with Crippen LogP contribution in [0.15, 0.2) is 18.2 Å². The third-order valence-corrected chi connectivity index (χ3v) is 2.87. The van der Waals surface area contributed by atoms with E-state index in [1.54, 1.807) is 11.0 Å². The van der Waals surface area contributed by atoms with Gasteiger partial charge in [0.2, 0.25) is 0 Å². The van der Waals surface area contributed by atoms with E-state index in [0.29, 0.717) is 13.1 Å². The van der Waals surface area contributed by atoms with E-state index in [9.17, 15) is 9.18 Å². The van der Waals surface area contributed by atoms with Gasteiger partial charge in [-0.05, 0) is 25.0 Å². The van der Waals surface area contributed by atoms with Gasteiger partial charge in [0.05, 0.1) is 10.6 Å². The van der Waals surface area contributed by atoms with Crippen LogP contribution in [0.4, 0.5) is 4.39 Å². The van der Waals surface area contributed by atoms with Crippen LogP contribution < -0.4 is 0 Å². The number of rotatable bonds is 1. The monoisotopic (exact) mass is 227 g/mol. The van der Waals surface area contributed by atoms with Crippen molar-refractivity contribution >= 4 is 17.5 Å². The highest BCUT2D eigenvalue weighted by atomic mass is 35.5. The summed E-state index contributed by atoms with van der Waals surface area (Å²) in [5.74, 6) is -0.872. The van der Waals surface area contributed by atoms with Gasteiger partial charge in [0.1, 0.15) is 0 Å². The third-order valence-electron chi connectivity index (χ3n) is 2.58. The summed E-state index contributed by atoms with van der Waals surface area (Å²) < 4.78 is 13.5. The van der Waals surface area contributed by atoms with Gasteiger partial charge in [-0.15, -0.1) is 0 Å². The van der Waals surface area contributed by atoms with Crippen molar-refractivity contribution in [3.63, 3.8) is 0 Å². The predicted octanol–water partition coefficient (Wildman–Crippen LogP) is 2.72. The van der Waals surface area contributed by atoms with Gasteiger partial charge in [0.25, 0.3) is 5.91 Å². The first-order chi connectivity index (χ1) is 7.20. The van der Waals surface area contributed by atoms with Crippen LogP contribution in [0.25, 0.3) is 0 Å². The summed E-state index contributed by atoms with van der Waals surface area (Å²) in [6.45, 7) is 1.43. The normalized spacial score (nSPS) is 15.7. The van der Waals surface area contributed by atoms with E-state index in [-0.39, 0.29) is 16.5 Å². The highest BCUT2D eigenvalue weighted by Crippen LogP contribution is 2.20. The van der Waals surface area contributed by atoms with E-state index in [1.807, 2.05) is 0 Å². The molecule has 1 fully saturated rings. The lowest BCUT2D eigenvalue weighted by atomic mass is 10.2. The number of likely N-dealkylation sites (tertiary alicyclic amines) is 1. The smallest absolute Gasteiger partial charge is 0.256 e. The van der Waals surface area contributed by atoms with Gasteiger partial charge in [0, 0.05) is 13.1 Å². The molecule has 2 nitrogen and oxygen atoms in total. The molecule has 4 heteroatoms. The summed E-state index contributed by atoms with van der Waals surface area (Å²) in [5, 5.41) is 0.0000435. The minimum atomic E-state index is -0.615. The van der Waals surface area contributed by atoms with Crippen molar-refractivity contribution in [2.45, 2.75) is 12.8 Å². The fraction of sp³-hybridized carbons (Fsp3) is 0.364. The zero-order valence-corrected chi connectivity index (χ0v) is 8.93. The molecule has 0 aliphatic carbocycles. The Balaban J connectivity index is 2.28. The zero-order valence-electron chi connectivity index (χ0n) is 8.17. The Morgan fingerprint density at radius 2 is 2.00 bits per heavy atom. The second kappa shape index (κ2) is 4.19. The average Bonchev–Trinajstić information content (AvgIpc) is 2.74. The van der Waals surface area contributed by atoms with E-state index in [4.69, 9.17) is 11.6 Å². The lowest BCUT2D eigenvalue weighted by Crippen LogP contribution is -2.28. The van der Waals surface area contributed by atoms with Crippen LogP contribution >= 0.6 is 11.6 Å². The lowest BCUT2D eigenvalue weighted by molar-refractivity contribution is 0.0788. The SMILES string of the molecule is O=C(c1cccc(Cl)c1F)N1CCCC1. The minimum Gasteiger partial charge on any atom is -0.339 e. The minimum absolute atomic E-state index is 0.0000435. The van der Waals surface area contributed by atoms with Crippen molar-refractivity contribution in [1.29, 1.82) is 0 Å². The first-order valence-electron chi connectivity index (χ1n) is 4.93. The summed E-state index contributed by atoms with van der Waals surface area (Å²) in [4.78, 5) is 13.5. The number of hydrogen-bond donors (Lipinski definition) is 0. The van der Waals surface area contributed by atoms with E-state index >= 15 is 0 Å². The molecule has 0 spiro atoms. The Hall–Kier alpha value is -1.09. The molecule has 1 aliphatic rings. The Labute approximate surface area is 92.6 Å². The molecule has 0 atom stereocenters. The molecule has 1 aromatic carbocycles. The Kier molecular flexibility index (Phi) is 2.91. The van der Waals surface area contributed by atoms with Crippen molar-refractivity contribution in [1.82, 2.24) is 4.90 Å². The number of amides is 1. The van der Waals surface area contributed by atoms with Crippen LogP contribution in [0.5, 0.6) is 0 Å². The Morgan fingerprint density at radius 1 is 1.33 bits per heavy atom. The van der Waals surface area contributed by atoms with Crippen molar-refractivity contribution in [2.75, 3.05) is 13.1 Å². The molecule has 1 amide bonds. The van der Waals surface area contributed by atoms with Crippen LogP contribution in [0.1, 0.15) is 23.2 Å². The van der Waals surface area contributed by atoms with Gasteiger partial charge in [-0.1, -0.05) is 17.7 Å². The number of nitrogens with zero attached hydrogens (tertiary/aromatic N) is 1. The standard InChI is InChI=1S/C11H11ClFNO/c12-9-5-3-4-8(10(9)13)11(15)14-6-1-2-7-14/h3-5H,1-2,6-7H2. The summed E-state index contributed by atoms with van der Waals surface area (Å²) >= 11 is 5.62. The summed E-state index contributed by atoms with van der Waals surface area (Å²) in [5.41, 5.74) is 0.0735. The van der Waals surface area contributed by atoms with E-state index < -0.39 is 5.82 Å². The molecule has 80 valence electrons.